The van der Waals surface area contributed by atoms with Crippen LogP contribution >= 0.6 is 0 Å². The number of aromatic nitrogens is 2. The van der Waals surface area contributed by atoms with Crippen molar-refractivity contribution in [2.45, 2.75) is 26.3 Å². The molecular formula is C13H21N3O. The monoisotopic (exact) mass is 235 g/mol. The second-order valence-corrected chi connectivity index (χ2v) is 4.61. The number of hydrogen-bond donors (Lipinski definition) is 1. The average Bonchev–Trinajstić information content (AvgIpc) is 2.69. The van der Waals surface area contributed by atoms with E-state index < -0.39 is 0 Å². The smallest absolute Gasteiger partial charge is 0.203 e. The first kappa shape index (κ1) is 12.2. The molecule has 1 aliphatic heterocycles. The molecule has 4 nitrogen and oxygen atoms in total. The van der Waals surface area contributed by atoms with Gasteiger partial charge in [-0.1, -0.05) is 6.08 Å². The van der Waals surface area contributed by atoms with Crippen molar-refractivity contribution >= 4 is 5.95 Å². The molecule has 17 heavy (non-hydrogen) atoms. The van der Waals surface area contributed by atoms with Crippen molar-refractivity contribution in [3.05, 3.63) is 24.5 Å². The van der Waals surface area contributed by atoms with Gasteiger partial charge in [0, 0.05) is 25.9 Å². The highest BCUT2D eigenvalue weighted by Crippen LogP contribution is 2.15. The van der Waals surface area contributed by atoms with Crippen LogP contribution in [0, 0.1) is 12.8 Å². The fraction of sp³-hybridized carbons (Fsp3) is 0.615. The van der Waals surface area contributed by atoms with Gasteiger partial charge in [0.15, 0.2) is 0 Å². The number of rotatable bonds is 5. The van der Waals surface area contributed by atoms with Crippen LogP contribution in [0.15, 0.2) is 18.9 Å². The van der Waals surface area contributed by atoms with Gasteiger partial charge in [0.2, 0.25) is 5.95 Å². The lowest BCUT2D eigenvalue weighted by Crippen LogP contribution is -2.25. The van der Waals surface area contributed by atoms with Crippen LogP contribution in [0.3, 0.4) is 0 Å². The Morgan fingerprint density at radius 2 is 2.59 bits per heavy atom. The summed E-state index contributed by atoms with van der Waals surface area (Å²) in [6.07, 6.45) is 6.35. The van der Waals surface area contributed by atoms with E-state index in [0.29, 0.717) is 5.92 Å². The Morgan fingerprint density at radius 3 is 3.29 bits per heavy atom. The fourth-order valence-electron chi connectivity index (χ4n) is 2.17. The minimum atomic E-state index is 0.609. The Labute approximate surface area is 103 Å². The van der Waals surface area contributed by atoms with Crippen LogP contribution in [0.25, 0.3) is 0 Å². The number of allylic oxidation sites excluding steroid dienone is 1. The summed E-state index contributed by atoms with van der Waals surface area (Å²) in [5.74, 6) is 1.55. The highest BCUT2D eigenvalue weighted by Gasteiger charge is 2.14. The van der Waals surface area contributed by atoms with Gasteiger partial charge >= 0.3 is 0 Å². The Kier molecular flexibility index (Phi) is 4.20. The number of aryl methyl sites for hydroxylation is 1. The van der Waals surface area contributed by atoms with Gasteiger partial charge in [-0.3, -0.25) is 0 Å². The Bertz CT molecular complexity index is 367. The molecular weight excluding hydrogens is 214 g/mol. The van der Waals surface area contributed by atoms with E-state index in [1.54, 1.807) is 0 Å². The largest absolute Gasteiger partial charge is 0.381 e. The van der Waals surface area contributed by atoms with E-state index >= 15 is 0 Å². The Balaban J connectivity index is 1.90. The van der Waals surface area contributed by atoms with Gasteiger partial charge in [0.25, 0.3) is 0 Å². The summed E-state index contributed by atoms with van der Waals surface area (Å²) >= 11 is 0. The second-order valence-electron chi connectivity index (χ2n) is 4.61. The third-order valence-corrected chi connectivity index (χ3v) is 3.03. The molecule has 1 aromatic heterocycles. The normalized spacial score (nSPS) is 20.2. The van der Waals surface area contributed by atoms with Crippen LogP contribution in [-0.4, -0.2) is 29.3 Å². The molecule has 2 rings (SSSR count). The summed E-state index contributed by atoms with van der Waals surface area (Å²) in [4.78, 5) is 4.48. The third-order valence-electron chi connectivity index (χ3n) is 3.03. The number of anilines is 1. The first-order valence-corrected chi connectivity index (χ1v) is 6.26. The van der Waals surface area contributed by atoms with Crippen LogP contribution in [0.2, 0.25) is 0 Å². The first-order chi connectivity index (χ1) is 8.29. The standard InChI is InChI=1S/C13H21N3O/c1-3-6-16-9-11(2)15-13(16)14-8-12-5-4-7-17-10-12/h3,9,12H,1,4-8,10H2,2H3,(H,14,15). The number of nitrogens with one attached hydrogen (secondary N) is 1. The third kappa shape index (κ3) is 3.33. The molecule has 94 valence electrons. The molecule has 1 unspecified atom stereocenters. The van der Waals surface area contributed by atoms with Crippen molar-refractivity contribution in [1.82, 2.24) is 9.55 Å². The lowest BCUT2D eigenvalue weighted by atomic mass is 10.0. The van der Waals surface area contributed by atoms with Gasteiger partial charge in [-0.05, 0) is 25.7 Å². The van der Waals surface area contributed by atoms with Crippen molar-refractivity contribution in [2.24, 2.45) is 5.92 Å². The van der Waals surface area contributed by atoms with Gasteiger partial charge in [-0.2, -0.15) is 0 Å². The second kappa shape index (κ2) is 5.87. The number of imidazole rings is 1. The number of hydrogen-bond acceptors (Lipinski definition) is 3. The van der Waals surface area contributed by atoms with Gasteiger partial charge in [-0.15, -0.1) is 6.58 Å². The van der Waals surface area contributed by atoms with E-state index in [1.165, 1.54) is 12.8 Å². The highest BCUT2D eigenvalue weighted by molar-refractivity contribution is 5.29. The molecule has 1 atom stereocenters. The maximum atomic E-state index is 5.47. The molecule has 1 fully saturated rings. The van der Waals surface area contributed by atoms with E-state index in [9.17, 15) is 0 Å². The minimum absolute atomic E-state index is 0.609. The summed E-state index contributed by atoms with van der Waals surface area (Å²) in [6.45, 7) is 9.29. The molecule has 0 saturated carbocycles. The lowest BCUT2D eigenvalue weighted by molar-refractivity contribution is 0.0594. The highest BCUT2D eigenvalue weighted by atomic mass is 16.5. The van der Waals surface area contributed by atoms with E-state index in [1.807, 2.05) is 19.2 Å². The SMILES string of the molecule is C=CCn1cc(C)nc1NCC1CCCOC1. The molecule has 2 heterocycles. The topological polar surface area (TPSA) is 39.1 Å². The fourth-order valence-corrected chi connectivity index (χ4v) is 2.17. The van der Waals surface area contributed by atoms with Gasteiger partial charge in [0.1, 0.15) is 0 Å². The van der Waals surface area contributed by atoms with Gasteiger partial charge < -0.3 is 14.6 Å². The van der Waals surface area contributed by atoms with E-state index in [-0.39, 0.29) is 0 Å². The van der Waals surface area contributed by atoms with Gasteiger partial charge in [0.05, 0.1) is 12.3 Å². The first-order valence-electron chi connectivity index (χ1n) is 6.26. The van der Waals surface area contributed by atoms with E-state index in [4.69, 9.17) is 4.74 Å². The molecule has 1 aromatic rings. The quantitative estimate of drug-likeness (QED) is 0.795. The van der Waals surface area contributed by atoms with Crippen molar-refractivity contribution in [3.8, 4) is 0 Å². The zero-order valence-electron chi connectivity index (χ0n) is 10.5. The summed E-state index contributed by atoms with van der Waals surface area (Å²) in [6, 6.07) is 0. The molecule has 0 bridgehead atoms. The summed E-state index contributed by atoms with van der Waals surface area (Å²) in [7, 11) is 0. The van der Waals surface area contributed by atoms with Crippen LogP contribution in [0.4, 0.5) is 5.95 Å². The van der Waals surface area contributed by atoms with Crippen molar-refractivity contribution in [3.63, 3.8) is 0 Å². The lowest BCUT2D eigenvalue weighted by Gasteiger charge is -2.22. The zero-order chi connectivity index (χ0) is 12.1. The maximum Gasteiger partial charge on any atom is 0.203 e. The van der Waals surface area contributed by atoms with Crippen LogP contribution in [-0.2, 0) is 11.3 Å². The Hall–Kier alpha value is -1.29. The number of nitrogens with zero attached hydrogens (tertiary/aromatic N) is 2. The average molecular weight is 235 g/mol. The van der Waals surface area contributed by atoms with Gasteiger partial charge in [-0.25, -0.2) is 4.98 Å². The molecule has 1 N–H and O–H groups in total. The van der Waals surface area contributed by atoms with Crippen molar-refractivity contribution in [1.29, 1.82) is 0 Å². The summed E-state index contributed by atoms with van der Waals surface area (Å²) < 4.78 is 7.56. The molecule has 0 aromatic carbocycles. The molecule has 0 spiro atoms. The molecule has 0 radical (unpaired) electrons. The minimum Gasteiger partial charge on any atom is -0.381 e. The van der Waals surface area contributed by atoms with Crippen LogP contribution in [0.5, 0.6) is 0 Å². The molecule has 0 amide bonds. The zero-order valence-corrected chi connectivity index (χ0v) is 10.5. The van der Waals surface area contributed by atoms with Crippen molar-refractivity contribution in [2.75, 3.05) is 25.1 Å². The molecule has 4 heteroatoms. The molecule has 0 aliphatic carbocycles. The van der Waals surface area contributed by atoms with Crippen LogP contribution in [0.1, 0.15) is 18.5 Å². The Morgan fingerprint density at radius 1 is 1.71 bits per heavy atom. The predicted octanol–water partition coefficient (Wildman–Crippen LogP) is 2.22. The predicted molar refractivity (Wildman–Crippen MR) is 69.2 cm³/mol. The maximum absolute atomic E-state index is 5.47. The summed E-state index contributed by atoms with van der Waals surface area (Å²) in [5, 5.41) is 3.41. The van der Waals surface area contributed by atoms with Crippen molar-refractivity contribution < 1.29 is 4.74 Å². The summed E-state index contributed by atoms with van der Waals surface area (Å²) in [5.41, 5.74) is 1.04. The van der Waals surface area contributed by atoms with E-state index in [0.717, 1.165) is 37.9 Å². The van der Waals surface area contributed by atoms with Crippen LogP contribution < -0.4 is 5.32 Å². The molecule has 1 aliphatic rings. The molecule has 1 saturated heterocycles. The van der Waals surface area contributed by atoms with E-state index in [2.05, 4.69) is 21.4 Å². The number of ether oxygens (including phenoxy) is 1.